The topological polar surface area (TPSA) is 108 Å². The first-order chi connectivity index (χ1) is 13.5. The molecular weight excluding hydrogens is 368 g/mol. The molecule has 0 saturated heterocycles. The molecule has 28 heavy (non-hydrogen) atoms. The average molecular weight is 394 g/mol. The Morgan fingerprint density at radius 1 is 1.00 bits per heavy atom. The van der Waals surface area contributed by atoms with E-state index in [0.29, 0.717) is 6.61 Å². The molecule has 0 bridgehead atoms. The van der Waals surface area contributed by atoms with E-state index in [1.165, 1.54) is 12.1 Å². The first-order valence-electron chi connectivity index (χ1n) is 8.97. The number of carbonyl (C=O) groups excluding carboxylic acids is 3. The molecule has 0 aliphatic rings. The van der Waals surface area contributed by atoms with Crippen LogP contribution >= 0.6 is 0 Å². The van der Waals surface area contributed by atoms with E-state index in [4.69, 9.17) is 18.9 Å². The van der Waals surface area contributed by atoms with Gasteiger partial charge in [0.1, 0.15) is 25.9 Å². The van der Waals surface area contributed by atoms with Crippen molar-refractivity contribution in [2.24, 2.45) is 0 Å². The number of unbranched alkanes of at least 4 members (excludes halogenated alkanes) is 1. The largest absolute Gasteiger partial charge is 0.459 e. The van der Waals surface area contributed by atoms with Gasteiger partial charge in [0.15, 0.2) is 0 Å². The highest BCUT2D eigenvalue weighted by Crippen LogP contribution is 2.12. The van der Waals surface area contributed by atoms with E-state index >= 15 is 0 Å². The van der Waals surface area contributed by atoms with Crippen molar-refractivity contribution in [3.8, 4) is 0 Å². The van der Waals surface area contributed by atoms with Gasteiger partial charge in [0.2, 0.25) is 0 Å². The van der Waals surface area contributed by atoms with E-state index in [0.717, 1.165) is 18.9 Å². The van der Waals surface area contributed by atoms with Gasteiger partial charge in [0.25, 0.3) is 0 Å². The van der Waals surface area contributed by atoms with Crippen LogP contribution in [0.1, 0.15) is 40.5 Å². The third-order valence-electron chi connectivity index (χ3n) is 3.45. The lowest BCUT2D eigenvalue weighted by molar-refractivity contribution is -0.138. The van der Waals surface area contributed by atoms with Gasteiger partial charge in [-0.25, -0.2) is 14.4 Å². The molecule has 1 atom stereocenters. The highest BCUT2D eigenvalue weighted by atomic mass is 16.6. The number of benzene rings is 1. The maximum atomic E-state index is 12.2. The minimum Gasteiger partial charge on any atom is -0.459 e. The quantitative estimate of drug-likeness (QED) is 0.234. The molecule has 0 aromatic heterocycles. The summed E-state index contributed by atoms with van der Waals surface area (Å²) in [7, 11) is 0. The summed E-state index contributed by atoms with van der Waals surface area (Å²) >= 11 is 0. The van der Waals surface area contributed by atoms with Gasteiger partial charge in [-0.15, -0.1) is 0 Å². The van der Waals surface area contributed by atoms with Crippen molar-refractivity contribution in [3.63, 3.8) is 0 Å². The lowest BCUT2D eigenvalue weighted by Gasteiger charge is -2.13. The fraction of sp³-hybridized carbons (Fsp3) is 0.450. The molecule has 0 aliphatic carbocycles. The normalized spacial score (nSPS) is 11.4. The molecule has 1 unspecified atom stereocenters. The minimum atomic E-state index is -0.959. The van der Waals surface area contributed by atoms with Gasteiger partial charge in [-0.3, -0.25) is 0 Å². The number of hydrogen-bond acceptors (Lipinski definition) is 8. The molecule has 0 aliphatic heterocycles. The Morgan fingerprint density at radius 3 is 2.21 bits per heavy atom. The van der Waals surface area contributed by atoms with E-state index in [1.54, 1.807) is 12.1 Å². The predicted octanol–water partition coefficient (Wildman–Crippen LogP) is 1.91. The Kier molecular flexibility index (Phi) is 11.2. The molecule has 8 heteroatoms. The molecule has 1 N–H and O–H groups in total. The van der Waals surface area contributed by atoms with Crippen LogP contribution in [0.25, 0.3) is 0 Å². The van der Waals surface area contributed by atoms with Gasteiger partial charge >= 0.3 is 17.9 Å². The summed E-state index contributed by atoms with van der Waals surface area (Å²) < 4.78 is 20.0. The number of carbonyl (C=O) groups is 3. The van der Waals surface area contributed by atoms with Crippen molar-refractivity contribution in [1.29, 1.82) is 0 Å². The highest BCUT2D eigenvalue weighted by molar-refractivity contribution is 6.03. The molecule has 0 amide bonds. The molecule has 0 spiro atoms. The van der Waals surface area contributed by atoms with Crippen molar-refractivity contribution in [3.05, 3.63) is 48.0 Å². The predicted molar refractivity (Wildman–Crippen MR) is 99.9 cm³/mol. The summed E-state index contributed by atoms with van der Waals surface area (Å²) in [6, 6.07) is 5.98. The zero-order chi connectivity index (χ0) is 20.8. The smallest absolute Gasteiger partial charge is 0.339 e. The van der Waals surface area contributed by atoms with Crippen molar-refractivity contribution in [1.82, 2.24) is 0 Å². The van der Waals surface area contributed by atoms with Crippen LogP contribution in [0.2, 0.25) is 0 Å². The Balaban J connectivity index is 2.52. The van der Waals surface area contributed by atoms with Gasteiger partial charge in [-0.1, -0.05) is 32.1 Å². The van der Waals surface area contributed by atoms with Crippen LogP contribution in [-0.2, 0) is 23.7 Å². The van der Waals surface area contributed by atoms with E-state index in [9.17, 15) is 19.5 Å². The van der Waals surface area contributed by atoms with Crippen LogP contribution in [0.15, 0.2) is 36.9 Å². The number of esters is 3. The van der Waals surface area contributed by atoms with Crippen LogP contribution < -0.4 is 0 Å². The Morgan fingerprint density at radius 2 is 1.61 bits per heavy atom. The number of ether oxygens (including phenoxy) is 4. The third-order valence-corrected chi connectivity index (χ3v) is 3.45. The van der Waals surface area contributed by atoms with Gasteiger partial charge in [-0.05, 0) is 18.6 Å². The second kappa shape index (κ2) is 13.5. The van der Waals surface area contributed by atoms with Gasteiger partial charge < -0.3 is 24.1 Å². The van der Waals surface area contributed by atoms with Gasteiger partial charge in [0, 0.05) is 12.7 Å². The summed E-state index contributed by atoms with van der Waals surface area (Å²) in [5.74, 6) is -2.15. The molecule has 1 aromatic rings. The number of aliphatic hydroxyl groups excluding tert-OH is 1. The number of rotatable bonds is 13. The SMILES string of the molecule is C=CC(=O)OCCOC(=O)c1ccccc1C(=O)OCC(O)COCCCC. The zero-order valence-corrected chi connectivity index (χ0v) is 15.9. The van der Waals surface area contributed by atoms with Crippen LogP contribution in [0.5, 0.6) is 0 Å². The molecule has 1 aromatic carbocycles. The standard InChI is InChI=1S/C20H26O8/c1-3-5-10-25-13-15(21)14-28-20(24)17-9-7-6-8-16(17)19(23)27-12-11-26-18(22)4-2/h4,6-9,15,21H,2-3,5,10-14H2,1H3. The van der Waals surface area contributed by atoms with Gasteiger partial charge in [-0.2, -0.15) is 0 Å². The highest BCUT2D eigenvalue weighted by Gasteiger charge is 2.20. The molecule has 1 rings (SSSR count). The summed E-state index contributed by atoms with van der Waals surface area (Å²) in [6.45, 7) is 5.30. The minimum absolute atomic E-state index is 0.00897. The van der Waals surface area contributed by atoms with Gasteiger partial charge in [0.05, 0.1) is 17.7 Å². The Bertz CT molecular complexity index is 655. The van der Waals surface area contributed by atoms with E-state index in [-0.39, 0.29) is 37.6 Å². The average Bonchev–Trinajstić information content (AvgIpc) is 2.72. The lowest BCUT2D eigenvalue weighted by Crippen LogP contribution is -2.25. The van der Waals surface area contributed by atoms with Crippen molar-refractivity contribution < 1.29 is 38.4 Å². The maximum absolute atomic E-state index is 12.2. The molecule has 0 radical (unpaired) electrons. The first kappa shape index (κ1) is 23.3. The zero-order valence-electron chi connectivity index (χ0n) is 15.9. The van der Waals surface area contributed by atoms with E-state index in [1.807, 2.05) is 6.92 Å². The molecule has 0 heterocycles. The second-order valence-corrected chi connectivity index (χ2v) is 5.73. The number of aliphatic hydroxyl groups is 1. The van der Waals surface area contributed by atoms with E-state index in [2.05, 4.69) is 6.58 Å². The first-order valence-corrected chi connectivity index (χ1v) is 8.97. The second-order valence-electron chi connectivity index (χ2n) is 5.73. The lowest BCUT2D eigenvalue weighted by atomic mass is 10.1. The molecule has 154 valence electrons. The van der Waals surface area contributed by atoms with Crippen molar-refractivity contribution in [2.75, 3.05) is 33.0 Å². The van der Waals surface area contributed by atoms with Crippen LogP contribution in [0.3, 0.4) is 0 Å². The molecule has 0 fully saturated rings. The Labute approximate surface area is 164 Å². The monoisotopic (exact) mass is 394 g/mol. The molecule has 8 nitrogen and oxygen atoms in total. The Hall–Kier alpha value is -2.71. The van der Waals surface area contributed by atoms with Crippen molar-refractivity contribution >= 4 is 17.9 Å². The summed E-state index contributed by atoms with van der Waals surface area (Å²) in [5.41, 5.74) is 0.0194. The van der Waals surface area contributed by atoms with E-state index < -0.39 is 24.0 Å². The summed E-state index contributed by atoms with van der Waals surface area (Å²) in [5, 5.41) is 9.79. The summed E-state index contributed by atoms with van der Waals surface area (Å²) in [4.78, 5) is 35.3. The fourth-order valence-corrected chi connectivity index (χ4v) is 2.02. The van der Waals surface area contributed by atoms with Crippen molar-refractivity contribution in [2.45, 2.75) is 25.9 Å². The molecular formula is C20H26O8. The van der Waals surface area contributed by atoms with Crippen LogP contribution in [0.4, 0.5) is 0 Å². The molecule has 0 saturated carbocycles. The number of hydrogen-bond donors (Lipinski definition) is 1. The third kappa shape index (κ3) is 8.79. The van der Waals surface area contributed by atoms with Crippen LogP contribution in [-0.4, -0.2) is 62.2 Å². The van der Waals surface area contributed by atoms with Crippen LogP contribution in [0, 0.1) is 0 Å². The summed E-state index contributed by atoms with van der Waals surface area (Å²) in [6.07, 6.45) is 1.90. The fourth-order valence-electron chi connectivity index (χ4n) is 2.02. The maximum Gasteiger partial charge on any atom is 0.339 e.